The summed E-state index contributed by atoms with van der Waals surface area (Å²) >= 11 is 0. The highest BCUT2D eigenvalue weighted by molar-refractivity contribution is 6.02. The van der Waals surface area contributed by atoms with E-state index >= 15 is 0 Å². The van der Waals surface area contributed by atoms with Gasteiger partial charge in [0.2, 0.25) is 17.7 Å². The van der Waals surface area contributed by atoms with Gasteiger partial charge in [0.1, 0.15) is 6.04 Å². The number of unbranched alkanes of at least 4 members (excludes halogenated alkanes) is 16. The normalized spacial score (nSPS) is 11.5. The first-order valence-electron chi connectivity index (χ1n) is 19.7. The van der Waals surface area contributed by atoms with E-state index in [0.717, 1.165) is 25.7 Å². The number of carbonyl (C=O) groups is 4. The number of carboxylic acids is 1. The zero-order valence-electron chi connectivity index (χ0n) is 32.1. The van der Waals surface area contributed by atoms with Crippen molar-refractivity contribution in [3.8, 4) is 0 Å². The van der Waals surface area contributed by atoms with Crippen LogP contribution >= 0.6 is 0 Å². The van der Waals surface area contributed by atoms with Crippen molar-refractivity contribution >= 4 is 41.0 Å². The standard InChI is InChI=1S/C39H69N7O6/c1-3-4-5-6-7-8-9-10-11-12-13-14-15-16-17-20-26-43-37(49)34(21-18-19-25-40)45-36(48)24-28-52-29-27-46(39(41)42)35-30-32(38(50)51)22-23-33(35)44-31(2)47/h22-23,30,34H,3-21,24-29,40H2,1-2H3,(H3,41,42)(H,43,49)(H,44,47)(H,45,48)(H,50,51)/t34-/m0/s1. The number of hydrogen-bond acceptors (Lipinski definition) is 7. The molecule has 52 heavy (non-hydrogen) atoms. The SMILES string of the molecule is CCCCCCCCCCCCCCCCCCNC(=O)[C@H](CCCCN)NC(=O)CCOCCN(C(=N)N)c1cc(C(=O)O)ccc1NC(C)=O. The number of ether oxygens (including phenoxy) is 1. The van der Waals surface area contributed by atoms with Gasteiger partial charge in [0.25, 0.3) is 0 Å². The van der Waals surface area contributed by atoms with Gasteiger partial charge in [0, 0.05) is 26.4 Å². The van der Waals surface area contributed by atoms with Gasteiger partial charge >= 0.3 is 5.97 Å². The van der Waals surface area contributed by atoms with Crippen LogP contribution in [0.1, 0.15) is 153 Å². The monoisotopic (exact) mass is 732 g/mol. The summed E-state index contributed by atoms with van der Waals surface area (Å²) in [6.45, 7) is 4.85. The smallest absolute Gasteiger partial charge is 0.335 e. The molecule has 0 radical (unpaired) electrons. The number of amides is 3. The van der Waals surface area contributed by atoms with Crippen molar-refractivity contribution in [1.82, 2.24) is 10.6 Å². The summed E-state index contributed by atoms with van der Waals surface area (Å²) in [4.78, 5) is 50.2. The van der Waals surface area contributed by atoms with E-state index in [4.69, 9.17) is 21.6 Å². The van der Waals surface area contributed by atoms with E-state index in [-0.39, 0.29) is 61.1 Å². The highest BCUT2D eigenvalue weighted by Gasteiger charge is 2.21. The molecule has 0 fully saturated rings. The van der Waals surface area contributed by atoms with Crippen molar-refractivity contribution in [3.63, 3.8) is 0 Å². The van der Waals surface area contributed by atoms with Gasteiger partial charge in [-0.15, -0.1) is 0 Å². The van der Waals surface area contributed by atoms with Gasteiger partial charge in [-0.05, 0) is 50.4 Å². The molecule has 0 aliphatic rings. The number of benzene rings is 1. The molecule has 0 saturated heterocycles. The Bertz CT molecular complexity index is 1180. The second kappa shape index (κ2) is 29.8. The van der Waals surface area contributed by atoms with Crippen molar-refractivity contribution in [2.45, 2.75) is 148 Å². The number of anilines is 2. The number of carbonyl (C=O) groups excluding carboxylic acids is 3. The van der Waals surface area contributed by atoms with Crippen molar-refractivity contribution in [3.05, 3.63) is 23.8 Å². The summed E-state index contributed by atoms with van der Waals surface area (Å²) in [5, 5.41) is 25.9. The number of nitrogens with zero attached hydrogens (tertiary/aromatic N) is 1. The Balaban J connectivity index is 2.36. The molecule has 0 saturated carbocycles. The summed E-state index contributed by atoms with van der Waals surface area (Å²) in [7, 11) is 0. The average molecular weight is 732 g/mol. The van der Waals surface area contributed by atoms with Gasteiger partial charge in [0.05, 0.1) is 30.2 Å². The van der Waals surface area contributed by atoms with Crippen molar-refractivity contribution < 1.29 is 29.0 Å². The molecule has 1 rings (SSSR count). The molecule has 13 heteroatoms. The molecular weight excluding hydrogens is 662 g/mol. The molecule has 0 heterocycles. The second-order valence-electron chi connectivity index (χ2n) is 13.6. The van der Waals surface area contributed by atoms with Crippen LogP contribution < -0.4 is 32.3 Å². The largest absolute Gasteiger partial charge is 0.478 e. The predicted molar refractivity (Wildman–Crippen MR) is 210 cm³/mol. The predicted octanol–water partition coefficient (Wildman–Crippen LogP) is 6.44. The minimum atomic E-state index is -1.17. The maximum Gasteiger partial charge on any atom is 0.335 e. The molecule has 0 aliphatic heterocycles. The van der Waals surface area contributed by atoms with Gasteiger partial charge < -0.3 is 42.2 Å². The van der Waals surface area contributed by atoms with Crippen LogP contribution in [0.25, 0.3) is 0 Å². The summed E-state index contributed by atoms with van der Waals surface area (Å²) in [5.74, 6) is -2.42. The molecule has 0 bridgehead atoms. The molecule has 1 aromatic rings. The minimum Gasteiger partial charge on any atom is -0.478 e. The van der Waals surface area contributed by atoms with E-state index in [1.165, 1.54) is 120 Å². The first-order chi connectivity index (χ1) is 25.1. The minimum absolute atomic E-state index is 0.0194. The molecule has 0 spiro atoms. The van der Waals surface area contributed by atoms with E-state index in [1.54, 1.807) is 0 Å². The van der Waals surface area contributed by atoms with Crippen molar-refractivity contribution in [1.29, 1.82) is 5.41 Å². The molecule has 9 N–H and O–H groups in total. The lowest BCUT2D eigenvalue weighted by Crippen LogP contribution is -2.47. The Labute approximate surface area is 312 Å². The number of guanidine groups is 1. The van der Waals surface area contributed by atoms with Gasteiger partial charge in [-0.2, -0.15) is 0 Å². The molecule has 296 valence electrons. The van der Waals surface area contributed by atoms with Crippen LogP contribution in [-0.2, 0) is 19.1 Å². The molecule has 0 aromatic heterocycles. The number of carboxylic acid groups (broad SMARTS) is 1. The Morgan fingerprint density at radius 2 is 1.42 bits per heavy atom. The van der Waals surface area contributed by atoms with Gasteiger partial charge in [0.15, 0.2) is 5.96 Å². The maximum absolute atomic E-state index is 13.0. The summed E-state index contributed by atoms with van der Waals surface area (Å²) in [6, 6.07) is 3.44. The fourth-order valence-corrected chi connectivity index (χ4v) is 6.01. The van der Waals surface area contributed by atoms with E-state index < -0.39 is 12.0 Å². The fraction of sp³-hybridized carbons (Fsp3) is 0.718. The topological polar surface area (TPSA) is 213 Å². The van der Waals surface area contributed by atoms with E-state index in [2.05, 4.69) is 22.9 Å². The quantitative estimate of drug-likeness (QED) is 0.0246. The molecule has 3 amide bonds. The highest BCUT2D eigenvalue weighted by atomic mass is 16.5. The number of aromatic carboxylic acids is 1. The molecule has 0 aliphatic carbocycles. The molecule has 13 nitrogen and oxygen atoms in total. The van der Waals surface area contributed by atoms with Crippen LogP contribution in [0.15, 0.2) is 18.2 Å². The molecule has 1 aromatic carbocycles. The van der Waals surface area contributed by atoms with Crippen molar-refractivity contribution in [2.24, 2.45) is 11.5 Å². The lowest BCUT2D eigenvalue weighted by molar-refractivity contribution is -0.129. The van der Waals surface area contributed by atoms with E-state index in [1.807, 2.05) is 0 Å². The molecule has 1 atom stereocenters. The Morgan fingerprint density at radius 1 is 0.846 bits per heavy atom. The Morgan fingerprint density at radius 3 is 1.94 bits per heavy atom. The maximum atomic E-state index is 13.0. The number of hydrogen-bond donors (Lipinski definition) is 7. The zero-order valence-corrected chi connectivity index (χ0v) is 32.1. The lowest BCUT2D eigenvalue weighted by Gasteiger charge is -2.25. The van der Waals surface area contributed by atoms with Crippen LogP contribution in [-0.4, -0.2) is 73.6 Å². The third-order valence-electron chi connectivity index (χ3n) is 9.00. The van der Waals surface area contributed by atoms with Crippen LogP contribution in [0, 0.1) is 5.41 Å². The summed E-state index contributed by atoms with van der Waals surface area (Å²) < 4.78 is 5.64. The summed E-state index contributed by atoms with van der Waals surface area (Å²) in [5.41, 5.74) is 11.9. The van der Waals surface area contributed by atoms with Crippen molar-refractivity contribution in [2.75, 3.05) is 43.1 Å². The highest BCUT2D eigenvalue weighted by Crippen LogP contribution is 2.27. The fourth-order valence-electron chi connectivity index (χ4n) is 6.01. The van der Waals surface area contributed by atoms with Crippen LogP contribution in [0.3, 0.4) is 0 Å². The van der Waals surface area contributed by atoms with Crippen LogP contribution in [0.5, 0.6) is 0 Å². The average Bonchev–Trinajstić information content (AvgIpc) is 3.10. The van der Waals surface area contributed by atoms with Gasteiger partial charge in [-0.25, -0.2) is 4.79 Å². The van der Waals surface area contributed by atoms with Crippen LogP contribution in [0.4, 0.5) is 11.4 Å². The molecular formula is C39H69N7O6. The number of nitrogens with two attached hydrogens (primary N) is 2. The molecule has 0 unspecified atom stereocenters. The number of nitrogens with one attached hydrogen (secondary N) is 4. The van der Waals surface area contributed by atoms with E-state index in [0.29, 0.717) is 25.2 Å². The number of rotatable bonds is 32. The van der Waals surface area contributed by atoms with Gasteiger partial charge in [-0.3, -0.25) is 19.8 Å². The first-order valence-corrected chi connectivity index (χ1v) is 19.7. The summed E-state index contributed by atoms with van der Waals surface area (Å²) in [6.07, 6.45) is 22.7. The third-order valence-corrected chi connectivity index (χ3v) is 9.00. The van der Waals surface area contributed by atoms with Gasteiger partial charge in [-0.1, -0.05) is 103 Å². The third kappa shape index (κ3) is 22.3. The Hall–Kier alpha value is -3.71. The van der Waals surface area contributed by atoms with Crippen LogP contribution in [0.2, 0.25) is 0 Å². The first kappa shape index (κ1) is 46.3. The Kier molecular flexibility index (Phi) is 26.6. The zero-order chi connectivity index (χ0) is 38.4. The lowest BCUT2D eigenvalue weighted by atomic mass is 10.0. The second-order valence-corrected chi connectivity index (χ2v) is 13.6. The van der Waals surface area contributed by atoms with E-state index in [9.17, 15) is 24.3 Å².